The maximum atomic E-state index is 11.8. The summed E-state index contributed by atoms with van der Waals surface area (Å²) in [5.41, 5.74) is 0. The molecule has 2 amide bonds. The van der Waals surface area contributed by atoms with Gasteiger partial charge in [-0.15, -0.1) is 0 Å². The average Bonchev–Trinajstić information content (AvgIpc) is 2.45. The van der Waals surface area contributed by atoms with Crippen LogP contribution in [-0.2, 0) is 4.79 Å². The summed E-state index contributed by atoms with van der Waals surface area (Å²) < 4.78 is 0. The molecule has 6 nitrogen and oxygen atoms in total. The predicted molar refractivity (Wildman–Crippen MR) is 82.3 cm³/mol. The van der Waals surface area contributed by atoms with Crippen molar-refractivity contribution in [2.45, 2.75) is 51.5 Å². The Morgan fingerprint density at radius 2 is 1.95 bits per heavy atom. The zero-order valence-electron chi connectivity index (χ0n) is 13.2. The Morgan fingerprint density at radius 3 is 2.52 bits per heavy atom. The van der Waals surface area contributed by atoms with Gasteiger partial charge in [0.1, 0.15) is 0 Å². The number of urea groups is 1. The highest BCUT2D eigenvalue weighted by atomic mass is 16.4. The van der Waals surface area contributed by atoms with Crippen molar-refractivity contribution < 1.29 is 14.7 Å². The van der Waals surface area contributed by atoms with Gasteiger partial charge in [-0.3, -0.25) is 4.79 Å². The summed E-state index contributed by atoms with van der Waals surface area (Å²) in [5.74, 6) is -0.383. The minimum atomic E-state index is -0.749. The number of carboxylic acids is 1. The molecule has 1 aliphatic rings. The summed E-state index contributed by atoms with van der Waals surface area (Å²) in [6.45, 7) is 4.72. The topological polar surface area (TPSA) is 81.7 Å². The lowest BCUT2D eigenvalue weighted by atomic mass is 9.97. The number of likely N-dealkylation sites (tertiary alicyclic amines) is 1. The highest BCUT2D eigenvalue weighted by Gasteiger charge is 2.18. The number of hydrogen-bond acceptors (Lipinski definition) is 3. The first-order valence-electron chi connectivity index (χ1n) is 7.96. The number of carbonyl (C=O) groups excluding carboxylic acids is 1. The van der Waals surface area contributed by atoms with Gasteiger partial charge in [0.25, 0.3) is 0 Å². The molecule has 0 aromatic rings. The van der Waals surface area contributed by atoms with Crippen molar-refractivity contribution in [2.24, 2.45) is 5.92 Å². The lowest BCUT2D eigenvalue weighted by molar-refractivity contribution is -0.137. The summed E-state index contributed by atoms with van der Waals surface area (Å²) in [4.78, 5) is 24.6. The molecular formula is C15H29N3O3. The number of amides is 2. The summed E-state index contributed by atoms with van der Waals surface area (Å²) >= 11 is 0. The van der Waals surface area contributed by atoms with Crippen LogP contribution in [0.5, 0.6) is 0 Å². The summed E-state index contributed by atoms with van der Waals surface area (Å²) in [7, 11) is 2.10. The third-order valence-corrected chi connectivity index (χ3v) is 4.24. The van der Waals surface area contributed by atoms with E-state index in [1.54, 1.807) is 0 Å². The fourth-order valence-electron chi connectivity index (χ4n) is 2.66. The van der Waals surface area contributed by atoms with Crippen LogP contribution >= 0.6 is 0 Å². The molecule has 1 saturated heterocycles. The fraction of sp³-hybridized carbons (Fsp3) is 0.867. The molecule has 0 bridgehead atoms. The van der Waals surface area contributed by atoms with E-state index in [0.717, 1.165) is 38.8 Å². The molecule has 122 valence electrons. The summed E-state index contributed by atoms with van der Waals surface area (Å²) in [6, 6.07) is 0.174. The van der Waals surface area contributed by atoms with Gasteiger partial charge in [-0.1, -0.05) is 13.3 Å². The Balaban J connectivity index is 2.13. The number of nitrogens with zero attached hydrogens (tertiary/aromatic N) is 1. The monoisotopic (exact) mass is 299 g/mol. The maximum absolute atomic E-state index is 11.8. The van der Waals surface area contributed by atoms with E-state index in [4.69, 9.17) is 5.11 Å². The van der Waals surface area contributed by atoms with Crippen LogP contribution in [0.3, 0.4) is 0 Å². The van der Waals surface area contributed by atoms with E-state index in [2.05, 4.69) is 29.5 Å². The Kier molecular flexibility index (Phi) is 8.12. The minimum absolute atomic E-state index is 0.0994. The van der Waals surface area contributed by atoms with Crippen LogP contribution < -0.4 is 10.6 Å². The lowest BCUT2D eigenvalue weighted by Crippen LogP contribution is -2.47. The van der Waals surface area contributed by atoms with E-state index < -0.39 is 5.97 Å². The van der Waals surface area contributed by atoms with Crippen molar-refractivity contribution >= 4 is 12.0 Å². The second-order valence-electron chi connectivity index (χ2n) is 5.97. The molecule has 0 spiro atoms. The van der Waals surface area contributed by atoms with Crippen LogP contribution in [0.25, 0.3) is 0 Å². The van der Waals surface area contributed by atoms with Crippen molar-refractivity contribution in [1.29, 1.82) is 0 Å². The Bertz CT molecular complexity index is 328. The van der Waals surface area contributed by atoms with Gasteiger partial charge in [0, 0.05) is 19.0 Å². The standard InChI is InChI=1S/C15H29N3O3/c1-3-12(4-5-14(19)20)6-9-16-15(21)17-13-7-10-18(2)11-8-13/h12-13H,3-11H2,1-2H3,(H,19,20)(H2,16,17,21). The van der Waals surface area contributed by atoms with Crippen molar-refractivity contribution in [3.8, 4) is 0 Å². The van der Waals surface area contributed by atoms with E-state index in [0.29, 0.717) is 18.9 Å². The molecule has 0 aromatic carbocycles. The molecule has 3 N–H and O–H groups in total. The molecule has 0 aromatic heterocycles. The SMILES string of the molecule is CCC(CCNC(=O)NC1CCN(C)CC1)CCC(=O)O. The zero-order chi connectivity index (χ0) is 15.7. The maximum Gasteiger partial charge on any atom is 0.315 e. The van der Waals surface area contributed by atoms with E-state index in [1.165, 1.54) is 0 Å². The van der Waals surface area contributed by atoms with Gasteiger partial charge in [0.15, 0.2) is 0 Å². The van der Waals surface area contributed by atoms with Gasteiger partial charge in [0.2, 0.25) is 0 Å². The van der Waals surface area contributed by atoms with Gasteiger partial charge < -0.3 is 20.6 Å². The first-order valence-corrected chi connectivity index (χ1v) is 7.96. The van der Waals surface area contributed by atoms with E-state index >= 15 is 0 Å². The Morgan fingerprint density at radius 1 is 1.29 bits per heavy atom. The minimum Gasteiger partial charge on any atom is -0.481 e. The number of aliphatic carboxylic acids is 1. The molecule has 0 radical (unpaired) electrons. The van der Waals surface area contributed by atoms with Crippen molar-refractivity contribution in [2.75, 3.05) is 26.7 Å². The van der Waals surface area contributed by atoms with Crippen LogP contribution in [0, 0.1) is 5.92 Å². The normalized spacial score (nSPS) is 18.2. The van der Waals surface area contributed by atoms with Crippen molar-refractivity contribution in [3.63, 3.8) is 0 Å². The van der Waals surface area contributed by atoms with Crippen molar-refractivity contribution in [3.05, 3.63) is 0 Å². The van der Waals surface area contributed by atoms with Gasteiger partial charge >= 0.3 is 12.0 Å². The van der Waals surface area contributed by atoms with Gasteiger partial charge in [0.05, 0.1) is 0 Å². The van der Waals surface area contributed by atoms with Crippen LogP contribution in [0.4, 0.5) is 4.79 Å². The molecule has 21 heavy (non-hydrogen) atoms. The number of carbonyl (C=O) groups is 2. The van der Waals surface area contributed by atoms with Crippen LogP contribution in [0.1, 0.15) is 45.4 Å². The number of hydrogen-bond donors (Lipinski definition) is 3. The number of carboxylic acid groups (broad SMARTS) is 1. The fourth-order valence-corrected chi connectivity index (χ4v) is 2.66. The van der Waals surface area contributed by atoms with E-state index in [9.17, 15) is 9.59 Å². The molecule has 1 atom stereocenters. The first-order chi connectivity index (χ1) is 10.0. The molecule has 1 fully saturated rings. The van der Waals surface area contributed by atoms with Crippen molar-refractivity contribution in [1.82, 2.24) is 15.5 Å². The van der Waals surface area contributed by atoms with Gasteiger partial charge in [-0.25, -0.2) is 4.79 Å². The van der Waals surface area contributed by atoms with Gasteiger partial charge in [-0.05, 0) is 51.7 Å². The molecule has 1 heterocycles. The molecule has 0 saturated carbocycles. The Hall–Kier alpha value is -1.30. The molecule has 1 rings (SSSR count). The smallest absolute Gasteiger partial charge is 0.315 e. The van der Waals surface area contributed by atoms with E-state index in [1.807, 2.05) is 0 Å². The summed E-state index contributed by atoms with van der Waals surface area (Å²) in [6.07, 6.45) is 4.68. The second-order valence-corrected chi connectivity index (χ2v) is 5.97. The molecule has 1 unspecified atom stereocenters. The average molecular weight is 299 g/mol. The number of rotatable bonds is 8. The number of nitrogens with one attached hydrogen (secondary N) is 2. The lowest BCUT2D eigenvalue weighted by Gasteiger charge is -2.29. The zero-order valence-corrected chi connectivity index (χ0v) is 13.2. The van der Waals surface area contributed by atoms with Gasteiger partial charge in [-0.2, -0.15) is 0 Å². The molecular weight excluding hydrogens is 270 g/mol. The van der Waals surface area contributed by atoms with Crippen LogP contribution in [-0.4, -0.2) is 54.7 Å². The second kappa shape index (κ2) is 9.60. The molecule has 0 aliphatic carbocycles. The Labute approximate surface area is 127 Å². The third-order valence-electron chi connectivity index (χ3n) is 4.24. The highest BCUT2D eigenvalue weighted by molar-refractivity contribution is 5.74. The molecule has 1 aliphatic heterocycles. The van der Waals surface area contributed by atoms with E-state index in [-0.39, 0.29) is 18.5 Å². The third kappa shape index (κ3) is 7.90. The first kappa shape index (κ1) is 17.8. The summed E-state index contributed by atoms with van der Waals surface area (Å²) in [5, 5.41) is 14.6. The number of piperidine rings is 1. The predicted octanol–water partition coefficient (Wildman–Crippen LogP) is 1.66. The molecule has 6 heteroatoms. The quantitative estimate of drug-likeness (QED) is 0.636. The van der Waals surface area contributed by atoms with Crippen LogP contribution in [0.15, 0.2) is 0 Å². The van der Waals surface area contributed by atoms with Crippen LogP contribution in [0.2, 0.25) is 0 Å². The highest BCUT2D eigenvalue weighted by Crippen LogP contribution is 2.14. The largest absolute Gasteiger partial charge is 0.481 e.